The molecule has 0 radical (unpaired) electrons. The van der Waals surface area contributed by atoms with E-state index >= 15 is 0 Å². The van der Waals surface area contributed by atoms with Crippen molar-refractivity contribution in [2.45, 2.75) is 44.7 Å². The second-order valence-corrected chi connectivity index (χ2v) is 7.20. The number of rotatable bonds is 2. The Morgan fingerprint density at radius 1 is 1.13 bits per heavy atom. The van der Waals surface area contributed by atoms with E-state index in [1.807, 2.05) is 44.2 Å². The Kier molecular flexibility index (Phi) is 7.34. The molecule has 0 atom stereocenters. The number of alkyl halides is 3. The number of carboxylic acid groups (broad SMARTS) is 1. The van der Waals surface area contributed by atoms with Gasteiger partial charge in [0.1, 0.15) is 17.5 Å². The molecule has 1 fully saturated rings. The molecule has 0 amide bonds. The van der Waals surface area contributed by atoms with Crippen molar-refractivity contribution in [3.63, 3.8) is 0 Å². The molecule has 0 bridgehead atoms. The van der Waals surface area contributed by atoms with Crippen LogP contribution in [-0.4, -0.2) is 33.8 Å². The standard InChI is InChI=1S/C21H19NO2.C2HF3O2/c1-4-15-9-13(2)20(14(3)10-15)21-18(23)11-16(12-19(21)24)17-7-5-6-8-22-17;3-2(4,5)1(6)7/h1,5-10,16,21H,11-12H2,2-3H3;(H,6,7). The quantitative estimate of drug-likeness (QED) is 0.571. The van der Waals surface area contributed by atoms with Gasteiger partial charge in [0.15, 0.2) is 0 Å². The van der Waals surface area contributed by atoms with Crippen LogP contribution in [0.3, 0.4) is 0 Å². The molecular weight excluding hydrogens is 411 g/mol. The third-order valence-electron chi connectivity index (χ3n) is 4.94. The number of pyridine rings is 1. The zero-order valence-corrected chi connectivity index (χ0v) is 16.9. The van der Waals surface area contributed by atoms with Crippen LogP contribution in [0, 0.1) is 26.2 Å². The fraction of sp³-hybridized carbons (Fsp3) is 0.304. The first kappa shape index (κ1) is 23.8. The summed E-state index contributed by atoms with van der Waals surface area (Å²) in [5.41, 5.74) is 4.23. The molecule has 1 aromatic carbocycles. The Labute approximate surface area is 177 Å². The summed E-state index contributed by atoms with van der Waals surface area (Å²) in [6.45, 7) is 3.82. The van der Waals surface area contributed by atoms with Gasteiger partial charge in [0.25, 0.3) is 0 Å². The van der Waals surface area contributed by atoms with E-state index in [0.717, 1.165) is 27.9 Å². The fourth-order valence-corrected chi connectivity index (χ4v) is 3.64. The predicted octanol–water partition coefficient (Wildman–Crippen LogP) is 4.11. The number of aliphatic carboxylic acids is 1. The number of benzene rings is 1. The fourth-order valence-electron chi connectivity index (χ4n) is 3.64. The van der Waals surface area contributed by atoms with Gasteiger partial charge in [-0.15, -0.1) is 6.42 Å². The van der Waals surface area contributed by atoms with Gasteiger partial charge in [0, 0.05) is 36.2 Å². The summed E-state index contributed by atoms with van der Waals surface area (Å²) in [4.78, 5) is 38.7. The minimum absolute atomic E-state index is 0.0263. The zero-order valence-electron chi connectivity index (χ0n) is 16.9. The van der Waals surface area contributed by atoms with E-state index in [0.29, 0.717) is 12.8 Å². The summed E-state index contributed by atoms with van der Waals surface area (Å²) in [7, 11) is 0. The van der Waals surface area contributed by atoms with Crippen molar-refractivity contribution in [2.24, 2.45) is 0 Å². The molecule has 1 heterocycles. The highest BCUT2D eigenvalue weighted by Crippen LogP contribution is 2.37. The molecule has 5 nitrogen and oxygen atoms in total. The predicted molar refractivity (Wildman–Crippen MR) is 107 cm³/mol. The number of aromatic nitrogens is 1. The number of carbonyl (C=O) groups excluding carboxylic acids is 2. The Morgan fingerprint density at radius 2 is 1.65 bits per heavy atom. The first-order chi connectivity index (χ1) is 14.5. The van der Waals surface area contributed by atoms with E-state index in [1.165, 1.54) is 0 Å². The van der Waals surface area contributed by atoms with Crippen LogP contribution >= 0.6 is 0 Å². The number of halogens is 3. The number of carboxylic acids is 1. The zero-order chi connectivity index (χ0) is 23.3. The Hall–Kier alpha value is -3.47. The Balaban J connectivity index is 0.000000423. The van der Waals surface area contributed by atoms with Crippen LogP contribution in [0.1, 0.15) is 52.6 Å². The number of hydrogen-bond donors (Lipinski definition) is 1. The van der Waals surface area contributed by atoms with Crippen LogP contribution in [-0.2, 0) is 14.4 Å². The van der Waals surface area contributed by atoms with E-state index < -0.39 is 18.1 Å². The first-order valence-corrected chi connectivity index (χ1v) is 9.30. The highest BCUT2D eigenvalue weighted by molar-refractivity contribution is 6.10. The Bertz CT molecular complexity index is 998. The molecule has 0 spiro atoms. The molecule has 2 aromatic rings. The van der Waals surface area contributed by atoms with Crippen LogP contribution in [0.15, 0.2) is 36.5 Å². The molecule has 1 aliphatic carbocycles. The van der Waals surface area contributed by atoms with Gasteiger partial charge in [-0.05, 0) is 54.8 Å². The largest absolute Gasteiger partial charge is 0.490 e. The minimum Gasteiger partial charge on any atom is -0.475 e. The Morgan fingerprint density at radius 3 is 2.03 bits per heavy atom. The van der Waals surface area contributed by atoms with Gasteiger partial charge in [-0.1, -0.05) is 12.0 Å². The second-order valence-electron chi connectivity index (χ2n) is 7.20. The van der Waals surface area contributed by atoms with Crippen LogP contribution in [0.2, 0.25) is 0 Å². The normalized spacial score (nSPS) is 18.6. The van der Waals surface area contributed by atoms with Gasteiger partial charge in [0.2, 0.25) is 0 Å². The topological polar surface area (TPSA) is 84.3 Å². The summed E-state index contributed by atoms with van der Waals surface area (Å²) in [5, 5.41) is 7.12. The summed E-state index contributed by atoms with van der Waals surface area (Å²) < 4.78 is 31.7. The van der Waals surface area contributed by atoms with Gasteiger partial charge in [-0.25, -0.2) is 4.79 Å². The maximum atomic E-state index is 12.8. The van der Waals surface area contributed by atoms with E-state index in [1.54, 1.807) is 6.20 Å². The number of nitrogens with zero attached hydrogens (tertiary/aromatic N) is 1. The van der Waals surface area contributed by atoms with Crippen molar-refractivity contribution in [3.8, 4) is 12.3 Å². The smallest absolute Gasteiger partial charge is 0.475 e. The third kappa shape index (κ3) is 5.79. The van der Waals surface area contributed by atoms with Crippen molar-refractivity contribution in [1.29, 1.82) is 0 Å². The highest BCUT2D eigenvalue weighted by atomic mass is 19.4. The lowest BCUT2D eigenvalue weighted by Gasteiger charge is -2.28. The van der Waals surface area contributed by atoms with Crippen molar-refractivity contribution in [3.05, 3.63) is 64.5 Å². The first-order valence-electron chi connectivity index (χ1n) is 9.30. The molecule has 1 saturated carbocycles. The molecule has 162 valence electrons. The molecular formula is C23H20F3NO4. The number of ketones is 2. The molecule has 0 unspecified atom stereocenters. The lowest BCUT2D eigenvalue weighted by atomic mass is 9.73. The summed E-state index contributed by atoms with van der Waals surface area (Å²) >= 11 is 0. The summed E-state index contributed by atoms with van der Waals surface area (Å²) in [6.07, 6.45) is 2.78. The van der Waals surface area contributed by atoms with E-state index in [-0.39, 0.29) is 17.5 Å². The van der Waals surface area contributed by atoms with Crippen molar-refractivity contribution < 1.29 is 32.7 Å². The number of aryl methyl sites for hydroxylation is 2. The molecule has 3 rings (SSSR count). The minimum atomic E-state index is -5.08. The van der Waals surface area contributed by atoms with Gasteiger partial charge >= 0.3 is 12.1 Å². The lowest BCUT2D eigenvalue weighted by molar-refractivity contribution is -0.192. The van der Waals surface area contributed by atoms with Crippen molar-refractivity contribution >= 4 is 17.5 Å². The third-order valence-corrected chi connectivity index (χ3v) is 4.94. The number of terminal acetylenes is 1. The summed E-state index contributed by atoms with van der Waals surface area (Å²) in [5.74, 6) is -0.985. The number of Topliss-reactive ketones (excluding diaryl/α,β-unsaturated/α-hetero) is 2. The SMILES string of the molecule is C#Cc1cc(C)c(C2C(=O)CC(c3ccccn3)CC2=O)c(C)c1.O=C(O)C(F)(F)F. The maximum Gasteiger partial charge on any atom is 0.490 e. The van der Waals surface area contributed by atoms with Crippen LogP contribution in [0.25, 0.3) is 0 Å². The van der Waals surface area contributed by atoms with Crippen LogP contribution in [0.4, 0.5) is 13.2 Å². The molecule has 1 aliphatic rings. The molecule has 0 aliphatic heterocycles. The summed E-state index contributed by atoms with van der Waals surface area (Å²) in [6, 6.07) is 9.33. The molecule has 31 heavy (non-hydrogen) atoms. The molecule has 0 saturated heterocycles. The van der Waals surface area contributed by atoms with E-state index in [2.05, 4.69) is 10.9 Å². The van der Waals surface area contributed by atoms with Crippen LogP contribution in [0.5, 0.6) is 0 Å². The van der Waals surface area contributed by atoms with Gasteiger partial charge < -0.3 is 5.11 Å². The second kappa shape index (κ2) is 9.56. The van der Waals surface area contributed by atoms with Crippen molar-refractivity contribution in [1.82, 2.24) is 4.98 Å². The van der Waals surface area contributed by atoms with Gasteiger partial charge in [-0.2, -0.15) is 13.2 Å². The van der Waals surface area contributed by atoms with Gasteiger partial charge in [0.05, 0.1) is 0 Å². The lowest BCUT2D eigenvalue weighted by Crippen LogP contribution is -2.32. The molecule has 1 N–H and O–H groups in total. The maximum absolute atomic E-state index is 12.8. The number of carbonyl (C=O) groups is 3. The number of hydrogen-bond acceptors (Lipinski definition) is 4. The average molecular weight is 431 g/mol. The molecule has 1 aromatic heterocycles. The van der Waals surface area contributed by atoms with E-state index in [4.69, 9.17) is 16.3 Å². The highest BCUT2D eigenvalue weighted by Gasteiger charge is 2.39. The van der Waals surface area contributed by atoms with E-state index in [9.17, 15) is 22.8 Å². The van der Waals surface area contributed by atoms with Crippen molar-refractivity contribution in [2.75, 3.05) is 0 Å². The van der Waals surface area contributed by atoms with Crippen LogP contribution < -0.4 is 0 Å². The van der Waals surface area contributed by atoms with Gasteiger partial charge in [-0.3, -0.25) is 14.6 Å². The average Bonchev–Trinajstić information content (AvgIpc) is 2.69. The molecule has 8 heteroatoms. The monoisotopic (exact) mass is 431 g/mol.